The third kappa shape index (κ3) is 3.77. The van der Waals surface area contributed by atoms with Crippen molar-refractivity contribution in [1.29, 1.82) is 0 Å². The number of amides is 3. The quantitative estimate of drug-likeness (QED) is 0.785. The van der Waals surface area contributed by atoms with Gasteiger partial charge in [-0.3, -0.25) is 14.4 Å². The smallest absolute Gasteiger partial charge is 0.289 e. The maximum absolute atomic E-state index is 13.1. The summed E-state index contributed by atoms with van der Waals surface area (Å²) in [6.45, 7) is 4.16. The van der Waals surface area contributed by atoms with Crippen molar-refractivity contribution in [3.8, 4) is 0 Å². The van der Waals surface area contributed by atoms with E-state index in [1.807, 2.05) is 31.2 Å². The minimum absolute atomic E-state index is 0.120. The minimum atomic E-state index is -0.935. The lowest BCUT2D eigenvalue weighted by Gasteiger charge is -2.36. The summed E-state index contributed by atoms with van der Waals surface area (Å²) in [5, 5.41) is 2.94. The van der Waals surface area contributed by atoms with Gasteiger partial charge in [0.05, 0.1) is 6.26 Å². The molecule has 7 nitrogen and oxygen atoms in total. The number of aryl methyl sites for hydroxylation is 1. The Hall–Kier alpha value is -3.09. The standard InChI is InChI=1S/C22H25N3O4/c1-16-5-2-3-6-17(16)15-23-20(27)22(8-9-22)21(28)25-12-10-24(11-13-25)19(26)18-7-4-14-29-18/h2-7,14H,8-13,15H2,1H3,(H,23,27). The van der Waals surface area contributed by atoms with E-state index in [4.69, 9.17) is 4.42 Å². The Labute approximate surface area is 169 Å². The zero-order chi connectivity index (χ0) is 20.4. The Morgan fingerprint density at radius 2 is 1.69 bits per heavy atom. The van der Waals surface area contributed by atoms with Crippen LogP contribution in [0.25, 0.3) is 0 Å². The summed E-state index contributed by atoms with van der Waals surface area (Å²) in [4.78, 5) is 41.6. The van der Waals surface area contributed by atoms with Gasteiger partial charge in [0.25, 0.3) is 5.91 Å². The highest BCUT2D eigenvalue weighted by atomic mass is 16.3. The van der Waals surface area contributed by atoms with Gasteiger partial charge in [-0.2, -0.15) is 0 Å². The van der Waals surface area contributed by atoms with Gasteiger partial charge < -0.3 is 19.5 Å². The summed E-state index contributed by atoms with van der Waals surface area (Å²) < 4.78 is 5.17. The molecule has 0 radical (unpaired) electrons. The molecule has 7 heteroatoms. The number of rotatable bonds is 5. The summed E-state index contributed by atoms with van der Waals surface area (Å²) in [5.74, 6) is -0.178. The van der Waals surface area contributed by atoms with Crippen molar-refractivity contribution >= 4 is 17.7 Å². The fourth-order valence-corrected chi connectivity index (χ4v) is 3.79. The average molecular weight is 395 g/mol. The summed E-state index contributed by atoms with van der Waals surface area (Å²) in [5.41, 5.74) is 1.23. The molecule has 1 saturated heterocycles. The number of hydrogen-bond acceptors (Lipinski definition) is 4. The van der Waals surface area contributed by atoms with Gasteiger partial charge in [-0.1, -0.05) is 24.3 Å². The third-order valence-electron chi connectivity index (χ3n) is 5.88. The van der Waals surface area contributed by atoms with Crippen molar-refractivity contribution in [2.45, 2.75) is 26.3 Å². The van der Waals surface area contributed by atoms with Crippen LogP contribution in [0.1, 0.15) is 34.5 Å². The first kappa shape index (κ1) is 19.2. The molecule has 29 heavy (non-hydrogen) atoms. The molecule has 2 aromatic rings. The molecule has 2 aliphatic rings. The molecule has 0 bridgehead atoms. The molecule has 3 amide bonds. The van der Waals surface area contributed by atoms with Gasteiger partial charge in [0.1, 0.15) is 5.41 Å². The Balaban J connectivity index is 1.33. The van der Waals surface area contributed by atoms with Gasteiger partial charge in [0.2, 0.25) is 11.8 Å². The van der Waals surface area contributed by atoms with Gasteiger partial charge in [-0.15, -0.1) is 0 Å². The van der Waals surface area contributed by atoms with Crippen LogP contribution in [0.15, 0.2) is 47.1 Å². The van der Waals surface area contributed by atoms with Crippen LogP contribution >= 0.6 is 0 Å². The largest absolute Gasteiger partial charge is 0.459 e. The number of nitrogens with one attached hydrogen (secondary N) is 1. The van der Waals surface area contributed by atoms with Gasteiger partial charge >= 0.3 is 0 Å². The molecule has 0 atom stereocenters. The van der Waals surface area contributed by atoms with E-state index in [9.17, 15) is 14.4 Å². The maximum atomic E-state index is 13.1. The van der Waals surface area contributed by atoms with Crippen molar-refractivity contribution in [2.24, 2.45) is 5.41 Å². The second kappa shape index (κ2) is 7.73. The lowest BCUT2D eigenvalue weighted by Crippen LogP contribution is -2.54. The first-order chi connectivity index (χ1) is 14.0. The number of nitrogens with zero attached hydrogens (tertiary/aromatic N) is 2. The van der Waals surface area contributed by atoms with Gasteiger partial charge in [0.15, 0.2) is 5.76 Å². The highest BCUT2D eigenvalue weighted by Crippen LogP contribution is 2.47. The van der Waals surface area contributed by atoms with Crippen LogP contribution in [0.4, 0.5) is 0 Å². The molecule has 152 valence electrons. The lowest BCUT2D eigenvalue weighted by atomic mass is 10.0. The maximum Gasteiger partial charge on any atom is 0.289 e. The van der Waals surface area contributed by atoms with E-state index in [-0.39, 0.29) is 17.7 Å². The number of carbonyl (C=O) groups excluding carboxylic acids is 3. The van der Waals surface area contributed by atoms with Crippen LogP contribution in [0.3, 0.4) is 0 Å². The molecule has 2 heterocycles. The summed E-state index contributed by atoms with van der Waals surface area (Å²) in [7, 11) is 0. The number of carbonyl (C=O) groups is 3. The van der Waals surface area contributed by atoms with Crippen molar-refractivity contribution in [1.82, 2.24) is 15.1 Å². The normalized spacial score (nSPS) is 17.7. The lowest BCUT2D eigenvalue weighted by molar-refractivity contribution is -0.145. The van der Waals surface area contributed by atoms with E-state index in [2.05, 4.69) is 5.32 Å². The SMILES string of the molecule is Cc1ccccc1CNC(=O)C1(C(=O)N2CCN(C(=O)c3ccco3)CC2)CC1. The monoisotopic (exact) mass is 395 g/mol. The molecule has 1 aromatic carbocycles. The first-order valence-electron chi connectivity index (χ1n) is 9.96. The van der Waals surface area contributed by atoms with Crippen LogP contribution in [-0.4, -0.2) is 53.7 Å². The number of furan rings is 1. The Morgan fingerprint density at radius 3 is 2.31 bits per heavy atom. The molecule has 1 aliphatic carbocycles. The van der Waals surface area contributed by atoms with Gasteiger partial charge in [0, 0.05) is 32.7 Å². The zero-order valence-corrected chi connectivity index (χ0v) is 16.5. The van der Waals surface area contributed by atoms with Crippen molar-refractivity contribution < 1.29 is 18.8 Å². The molecule has 0 unspecified atom stereocenters. The van der Waals surface area contributed by atoms with E-state index in [0.717, 1.165) is 11.1 Å². The first-order valence-corrected chi connectivity index (χ1v) is 9.96. The fourth-order valence-electron chi connectivity index (χ4n) is 3.79. The molecule has 1 aromatic heterocycles. The van der Waals surface area contributed by atoms with E-state index in [1.54, 1.807) is 21.9 Å². The number of piperazine rings is 1. The van der Waals surface area contributed by atoms with E-state index >= 15 is 0 Å². The molecule has 2 fully saturated rings. The van der Waals surface area contributed by atoms with E-state index in [1.165, 1.54) is 6.26 Å². The van der Waals surface area contributed by atoms with Crippen LogP contribution < -0.4 is 5.32 Å². The molecule has 1 N–H and O–H groups in total. The molecular weight excluding hydrogens is 370 g/mol. The molecule has 0 spiro atoms. The molecule has 1 saturated carbocycles. The number of hydrogen-bond donors (Lipinski definition) is 1. The Bertz CT molecular complexity index is 910. The summed E-state index contributed by atoms with van der Waals surface area (Å²) in [6.07, 6.45) is 2.63. The van der Waals surface area contributed by atoms with Crippen LogP contribution in [-0.2, 0) is 16.1 Å². The summed E-state index contributed by atoms with van der Waals surface area (Å²) in [6, 6.07) is 11.2. The molecular formula is C22H25N3O4. The predicted molar refractivity (Wildman–Crippen MR) is 106 cm³/mol. The number of benzene rings is 1. The van der Waals surface area contributed by atoms with Gasteiger partial charge in [-0.25, -0.2) is 0 Å². The Morgan fingerprint density at radius 1 is 1.00 bits per heavy atom. The minimum Gasteiger partial charge on any atom is -0.459 e. The van der Waals surface area contributed by atoms with Crippen LogP contribution in [0, 0.1) is 12.3 Å². The third-order valence-corrected chi connectivity index (χ3v) is 5.88. The van der Waals surface area contributed by atoms with E-state index in [0.29, 0.717) is 51.3 Å². The second-order valence-electron chi connectivity index (χ2n) is 7.75. The van der Waals surface area contributed by atoms with Crippen LogP contribution in [0.2, 0.25) is 0 Å². The van der Waals surface area contributed by atoms with Crippen LogP contribution in [0.5, 0.6) is 0 Å². The fraction of sp³-hybridized carbons (Fsp3) is 0.409. The predicted octanol–water partition coefficient (Wildman–Crippen LogP) is 1.97. The second-order valence-corrected chi connectivity index (χ2v) is 7.75. The molecule has 4 rings (SSSR count). The highest BCUT2D eigenvalue weighted by Gasteiger charge is 2.58. The summed E-state index contributed by atoms with van der Waals surface area (Å²) >= 11 is 0. The van der Waals surface area contributed by atoms with Gasteiger partial charge in [-0.05, 0) is 43.0 Å². The highest BCUT2D eigenvalue weighted by molar-refractivity contribution is 6.08. The Kier molecular flexibility index (Phi) is 5.13. The average Bonchev–Trinajstić information content (AvgIpc) is 3.38. The molecule has 1 aliphatic heterocycles. The zero-order valence-electron chi connectivity index (χ0n) is 16.5. The van der Waals surface area contributed by atoms with Crippen molar-refractivity contribution in [3.63, 3.8) is 0 Å². The van der Waals surface area contributed by atoms with E-state index < -0.39 is 5.41 Å². The topological polar surface area (TPSA) is 82.9 Å². The van der Waals surface area contributed by atoms with Crippen molar-refractivity contribution in [3.05, 3.63) is 59.5 Å². The van der Waals surface area contributed by atoms with Crippen molar-refractivity contribution in [2.75, 3.05) is 26.2 Å².